The van der Waals surface area contributed by atoms with Gasteiger partial charge in [0.05, 0.1) is 23.5 Å². The van der Waals surface area contributed by atoms with Crippen LogP contribution in [0.1, 0.15) is 12.5 Å². The van der Waals surface area contributed by atoms with Crippen LogP contribution in [0.15, 0.2) is 29.2 Å². The van der Waals surface area contributed by atoms with Gasteiger partial charge in [-0.05, 0) is 24.6 Å². The number of hydrogen-bond donors (Lipinski definition) is 2. The Morgan fingerprint density at radius 3 is 2.52 bits per heavy atom. The molecule has 21 heavy (non-hydrogen) atoms. The minimum atomic E-state index is -3.20. The quantitative estimate of drug-likeness (QED) is 0.820. The highest BCUT2D eigenvalue weighted by molar-refractivity contribution is 7.90. The zero-order valence-electron chi connectivity index (χ0n) is 12.1. The van der Waals surface area contributed by atoms with Gasteiger partial charge < -0.3 is 15.8 Å². The van der Waals surface area contributed by atoms with Crippen molar-refractivity contribution in [1.82, 2.24) is 5.32 Å². The summed E-state index contributed by atoms with van der Waals surface area (Å²) in [4.78, 5) is 12.5. The van der Waals surface area contributed by atoms with Crippen molar-refractivity contribution in [3.8, 4) is 0 Å². The molecule has 7 heteroatoms. The van der Waals surface area contributed by atoms with Crippen LogP contribution in [-0.4, -0.2) is 39.8 Å². The molecule has 116 valence electrons. The molecule has 0 bridgehead atoms. The van der Waals surface area contributed by atoms with Crippen LogP contribution >= 0.6 is 0 Å². The Labute approximate surface area is 124 Å². The fourth-order valence-corrected chi connectivity index (χ4v) is 2.79. The molecule has 1 aliphatic rings. The van der Waals surface area contributed by atoms with Gasteiger partial charge in [0, 0.05) is 18.8 Å². The molecule has 3 N–H and O–H groups in total. The molecular formula is C14H20N2O4S. The highest BCUT2D eigenvalue weighted by Gasteiger charge is 2.44. The summed E-state index contributed by atoms with van der Waals surface area (Å²) in [5.74, 6) is -0.153. The Morgan fingerprint density at radius 2 is 2.05 bits per heavy atom. The SMILES string of the molecule is CC1(C(=O)NCc2ccc(S(C)(=O)=O)cc2)COCC1N. The molecule has 1 saturated heterocycles. The lowest BCUT2D eigenvalue weighted by Crippen LogP contribution is -2.49. The molecule has 0 aromatic heterocycles. The first-order valence-corrected chi connectivity index (χ1v) is 8.53. The van der Waals surface area contributed by atoms with E-state index in [4.69, 9.17) is 10.5 Å². The second kappa shape index (κ2) is 5.75. The van der Waals surface area contributed by atoms with E-state index < -0.39 is 15.3 Å². The third-order valence-electron chi connectivity index (χ3n) is 3.84. The number of carbonyl (C=O) groups excluding carboxylic acids is 1. The average Bonchev–Trinajstić information content (AvgIpc) is 2.77. The van der Waals surface area contributed by atoms with Crippen molar-refractivity contribution >= 4 is 15.7 Å². The number of carbonyl (C=O) groups is 1. The number of nitrogens with one attached hydrogen (secondary N) is 1. The van der Waals surface area contributed by atoms with E-state index in [0.29, 0.717) is 19.8 Å². The van der Waals surface area contributed by atoms with Crippen molar-refractivity contribution in [2.45, 2.75) is 24.4 Å². The van der Waals surface area contributed by atoms with E-state index in [1.165, 1.54) is 12.1 Å². The number of rotatable bonds is 4. The molecule has 2 unspecified atom stereocenters. The molecule has 1 amide bonds. The molecule has 0 aliphatic carbocycles. The molecule has 1 fully saturated rings. The molecule has 1 heterocycles. The maximum absolute atomic E-state index is 12.2. The Bertz CT molecular complexity index is 627. The van der Waals surface area contributed by atoms with E-state index >= 15 is 0 Å². The van der Waals surface area contributed by atoms with Crippen LogP contribution in [0.2, 0.25) is 0 Å². The zero-order valence-corrected chi connectivity index (χ0v) is 12.9. The van der Waals surface area contributed by atoms with Crippen molar-refractivity contribution in [2.75, 3.05) is 19.5 Å². The van der Waals surface area contributed by atoms with Gasteiger partial charge in [0.2, 0.25) is 5.91 Å². The van der Waals surface area contributed by atoms with Crippen molar-refractivity contribution in [3.05, 3.63) is 29.8 Å². The van der Waals surface area contributed by atoms with Crippen LogP contribution in [0.25, 0.3) is 0 Å². The summed E-state index contributed by atoms with van der Waals surface area (Å²) in [7, 11) is -3.20. The summed E-state index contributed by atoms with van der Waals surface area (Å²) in [5.41, 5.74) is 6.01. The number of benzene rings is 1. The fourth-order valence-electron chi connectivity index (χ4n) is 2.16. The first-order chi connectivity index (χ1) is 9.73. The van der Waals surface area contributed by atoms with Gasteiger partial charge in [0.15, 0.2) is 9.84 Å². The molecule has 2 atom stereocenters. The van der Waals surface area contributed by atoms with E-state index in [0.717, 1.165) is 11.8 Å². The van der Waals surface area contributed by atoms with Crippen LogP contribution < -0.4 is 11.1 Å². The Kier molecular flexibility index (Phi) is 4.36. The van der Waals surface area contributed by atoms with Crippen molar-refractivity contribution in [1.29, 1.82) is 0 Å². The first kappa shape index (κ1) is 15.9. The molecule has 0 saturated carbocycles. The topological polar surface area (TPSA) is 98.5 Å². The minimum Gasteiger partial charge on any atom is -0.379 e. The van der Waals surface area contributed by atoms with Crippen LogP contribution in [0.3, 0.4) is 0 Å². The maximum Gasteiger partial charge on any atom is 0.230 e. The van der Waals surface area contributed by atoms with Crippen LogP contribution in [0, 0.1) is 5.41 Å². The lowest BCUT2D eigenvalue weighted by molar-refractivity contribution is -0.130. The Balaban J connectivity index is 1.99. The lowest BCUT2D eigenvalue weighted by atomic mass is 9.85. The number of ether oxygens (including phenoxy) is 1. The zero-order chi connectivity index (χ0) is 15.7. The molecular weight excluding hydrogens is 292 g/mol. The van der Waals surface area contributed by atoms with E-state index in [1.54, 1.807) is 19.1 Å². The lowest BCUT2D eigenvalue weighted by Gasteiger charge is -2.25. The van der Waals surface area contributed by atoms with Gasteiger partial charge in [0.1, 0.15) is 0 Å². The molecule has 6 nitrogen and oxygen atoms in total. The molecule has 0 spiro atoms. The predicted octanol–water partition coefficient (Wildman–Crippen LogP) is 0.0701. The van der Waals surface area contributed by atoms with Gasteiger partial charge in [-0.3, -0.25) is 4.79 Å². The molecule has 0 radical (unpaired) electrons. The Morgan fingerprint density at radius 1 is 1.43 bits per heavy atom. The minimum absolute atomic E-state index is 0.153. The number of amides is 1. The third kappa shape index (κ3) is 3.42. The monoisotopic (exact) mass is 312 g/mol. The van der Waals surface area contributed by atoms with Gasteiger partial charge in [0.25, 0.3) is 0 Å². The highest BCUT2D eigenvalue weighted by atomic mass is 32.2. The van der Waals surface area contributed by atoms with Gasteiger partial charge in [-0.2, -0.15) is 0 Å². The summed E-state index contributed by atoms with van der Waals surface area (Å²) in [6, 6.07) is 6.12. The van der Waals surface area contributed by atoms with E-state index in [1.807, 2.05) is 0 Å². The summed E-state index contributed by atoms with van der Waals surface area (Å²) in [5, 5.41) is 2.82. The van der Waals surface area contributed by atoms with Crippen LogP contribution in [0.4, 0.5) is 0 Å². The summed E-state index contributed by atoms with van der Waals surface area (Å²) in [6.07, 6.45) is 1.16. The van der Waals surface area contributed by atoms with Crippen molar-refractivity contribution in [2.24, 2.45) is 11.1 Å². The molecule has 2 rings (SSSR count). The molecule has 1 aromatic carbocycles. The normalized spacial score (nSPS) is 25.8. The maximum atomic E-state index is 12.2. The summed E-state index contributed by atoms with van der Waals surface area (Å²) >= 11 is 0. The largest absolute Gasteiger partial charge is 0.379 e. The Hall–Kier alpha value is -1.44. The van der Waals surface area contributed by atoms with E-state index in [2.05, 4.69) is 5.32 Å². The highest BCUT2D eigenvalue weighted by Crippen LogP contribution is 2.27. The second-order valence-electron chi connectivity index (χ2n) is 5.64. The molecule has 1 aromatic rings. The van der Waals surface area contributed by atoms with Crippen LogP contribution in [-0.2, 0) is 25.9 Å². The van der Waals surface area contributed by atoms with Gasteiger partial charge in [-0.25, -0.2) is 8.42 Å². The summed E-state index contributed by atoms with van der Waals surface area (Å²) < 4.78 is 28.0. The summed E-state index contributed by atoms with van der Waals surface area (Å²) in [6.45, 7) is 2.80. The van der Waals surface area contributed by atoms with Crippen LogP contribution in [0.5, 0.6) is 0 Å². The molecule has 1 aliphatic heterocycles. The number of nitrogens with two attached hydrogens (primary N) is 1. The number of sulfone groups is 1. The van der Waals surface area contributed by atoms with E-state index in [-0.39, 0.29) is 16.8 Å². The smallest absolute Gasteiger partial charge is 0.230 e. The van der Waals surface area contributed by atoms with E-state index in [9.17, 15) is 13.2 Å². The standard InChI is InChI=1S/C14H20N2O4S/c1-14(9-20-8-12(14)15)13(17)16-7-10-3-5-11(6-4-10)21(2,18)19/h3-6,12H,7-9,15H2,1-2H3,(H,16,17). The number of hydrogen-bond acceptors (Lipinski definition) is 5. The predicted molar refractivity (Wildman–Crippen MR) is 78.3 cm³/mol. The average molecular weight is 312 g/mol. The third-order valence-corrected chi connectivity index (χ3v) is 4.97. The fraction of sp³-hybridized carbons (Fsp3) is 0.500. The van der Waals surface area contributed by atoms with Crippen molar-refractivity contribution < 1.29 is 17.9 Å². The second-order valence-corrected chi connectivity index (χ2v) is 7.65. The van der Waals surface area contributed by atoms with Gasteiger partial charge >= 0.3 is 0 Å². The van der Waals surface area contributed by atoms with Gasteiger partial charge in [-0.1, -0.05) is 12.1 Å². The first-order valence-electron chi connectivity index (χ1n) is 6.64. The van der Waals surface area contributed by atoms with Crippen molar-refractivity contribution in [3.63, 3.8) is 0 Å². The van der Waals surface area contributed by atoms with Gasteiger partial charge in [-0.15, -0.1) is 0 Å².